The van der Waals surface area contributed by atoms with Gasteiger partial charge in [0, 0.05) is 48.8 Å². The van der Waals surface area contributed by atoms with Gasteiger partial charge in [-0.2, -0.15) is 11.8 Å². The minimum Gasteiger partial charge on any atom is -0.497 e. The molecule has 2 fully saturated rings. The average molecular weight is 534 g/mol. The summed E-state index contributed by atoms with van der Waals surface area (Å²) in [6.07, 6.45) is 2.01. The summed E-state index contributed by atoms with van der Waals surface area (Å²) in [4.78, 5) is 7.58. The standard InChI is InChI=1S/C22H35N3O2S.HI/c1-5-23-20(25-12-15-28-21(2,3)17-25)24-16-22(10-13-27-14-11-22)18-6-8-19(26-4)9-7-18;/h6-9H,5,10-17H2,1-4H3,(H,23,24);1H. The monoisotopic (exact) mass is 533 g/mol. The Morgan fingerprint density at radius 1 is 1.24 bits per heavy atom. The van der Waals surface area contributed by atoms with Crippen molar-refractivity contribution >= 4 is 41.7 Å². The fraction of sp³-hybridized carbons (Fsp3) is 0.682. The van der Waals surface area contributed by atoms with Crippen LogP contribution in [0.3, 0.4) is 0 Å². The van der Waals surface area contributed by atoms with Crippen molar-refractivity contribution in [2.75, 3.05) is 52.3 Å². The van der Waals surface area contributed by atoms with Gasteiger partial charge in [0.15, 0.2) is 5.96 Å². The maximum absolute atomic E-state index is 5.69. The van der Waals surface area contributed by atoms with Crippen LogP contribution in [0.15, 0.2) is 29.3 Å². The molecule has 1 aromatic rings. The largest absolute Gasteiger partial charge is 0.497 e. The lowest BCUT2D eigenvalue weighted by molar-refractivity contribution is 0.0530. The van der Waals surface area contributed by atoms with E-state index in [4.69, 9.17) is 14.5 Å². The van der Waals surface area contributed by atoms with Crippen LogP contribution in [0.1, 0.15) is 39.2 Å². The molecule has 0 aliphatic carbocycles. The smallest absolute Gasteiger partial charge is 0.194 e. The number of halogens is 1. The lowest BCUT2D eigenvalue weighted by Crippen LogP contribution is -2.51. The molecule has 1 N–H and O–H groups in total. The molecule has 164 valence electrons. The number of methoxy groups -OCH3 is 1. The number of thioether (sulfide) groups is 1. The van der Waals surface area contributed by atoms with Crippen LogP contribution < -0.4 is 10.1 Å². The highest BCUT2D eigenvalue weighted by Gasteiger charge is 2.35. The van der Waals surface area contributed by atoms with E-state index in [-0.39, 0.29) is 34.1 Å². The summed E-state index contributed by atoms with van der Waals surface area (Å²) in [5.74, 6) is 3.10. The Bertz CT molecular complexity index is 661. The minimum atomic E-state index is 0. The predicted molar refractivity (Wildman–Crippen MR) is 134 cm³/mol. The topological polar surface area (TPSA) is 46.1 Å². The van der Waals surface area contributed by atoms with Crippen LogP contribution >= 0.6 is 35.7 Å². The number of benzene rings is 1. The molecule has 0 amide bonds. The van der Waals surface area contributed by atoms with E-state index in [1.54, 1.807) is 7.11 Å². The number of aliphatic imine (C=N–C) groups is 1. The first-order valence-corrected chi connectivity index (χ1v) is 11.4. The Morgan fingerprint density at radius 2 is 1.93 bits per heavy atom. The number of rotatable bonds is 5. The summed E-state index contributed by atoms with van der Waals surface area (Å²) < 4.78 is 11.3. The molecule has 2 aliphatic rings. The Kier molecular flexibility index (Phi) is 9.41. The Morgan fingerprint density at radius 3 is 2.52 bits per heavy atom. The van der Waals surface area contributed by atoms with Crippen LogP contribution in [0.5, 0.6) is 5.75 Å². The summed E-state index contributed by atoms with van der Waals surface area (Å²) in [5.41, 5.74) is 1.37. The van der Waals surface area contributed by atoms with Gasteiger partial charge < -0.3 is 19.7 Å². The van der Waals surface area contributed by atoms with Crippen LogP contribution in [0, 0.1) is 0 Å². The van der Waals surface area contributed by atoms with Gasteiger partial charge in [0.1, 0.15) is 5.75 Å². The minimum absolute atomic E-state index is 0. The second kappa shape index (κ2) is 11.1. The molecule has 5 nitrogen and oxygen atoms in total. The third-order valence-electron chi connectivity index (χ3n) is 5.74. The third kappa shape index (κ3) is 6.40. The summed E-state index contributed by atoms with van der Waals surface area (Å²) in [5, 5.41) is 3.53. The van der Waals surface area contributed by atoms with Crippen molar-refractivity contribution in [1.29, 1.82) is 0 Å². The lowest BCUT2D eigenvalue weighted by Gasteiger charge is -2.40. The van der Waals surface area contributed by atoms with Crippen LogP contribution in [0.2, 0.25) is 0 Å². The van der Waals surface area contributed by atoms with E-state index in [0.29, 0.717) is 0 Å². The average Bonchev–Trinajstić information content (AvgIpc) is 2.71. The van der Waals surface area contributed by atoms with Crippen LogP contribution in [-0.4, -0.2) is 67.9 Å². The van der Waals surface area contributed by atoms with Gasteiger partial charge in [0.25, 0.3) is 0 Å². The zero-order chi connectivity index (χ0) is 20.0. The highest BCUT2D eigenvalue weighted by Crippen LogP contribution is 2.36. The Hall–Kier alpha value is -0.670. The second-order valence-corrected chi connectivity index (χ2v) is 10.1. The van der Waals surface area contributed by atoms with Crippen LogP contribution in [-0.2, 0) is 10.2 Å². The number of hydrogen-bond donors (Lipinski definition) is 1. The normalized spacial score (nSPS) is 21.2. The zero-order valence-corrected chi connectivity index (χ0v) is 21.3. The highest BCUT2D eigenvalue weighted by molar-refractivity contribution is 14.0. The fourth-order valence-electron chi connectivity index (χ4n) is 4.09. The fourth-order valence-corrected chi connectivity index (χ4v) is 5.21. The van der Waals surface area contributed by atoms with Crippen molar-refractivity contribution in [3.63, 3.8) is 0 Å². The van der Waals surface area contributed by atoms with Gasteiger partial charge >= 0.3 is 0 Å². The van der Waals surface area contributed by atoms with Gasteiger partial charge in [0.05, 0.1) is 13.7 Å². The molecular weight excluding hydrogens is 497 g/mol. The van der Waals surface area contributed by atoms with Gasteiger partial charge in [-0.05, 0) is 51.3 Å². The number of nitrogens with one attached hydrogen (secondary N) is 1. The predicted octanol–water partition coefficient (Wildman–Crippen LogP) is 4.15. The zero-order valence-electron chi connectivity index (χ0n) is 18.2. The third-order valence-corrected chi connectivity index (χ3v) is 7.04. The van der Waals surface area contributed by atoms with Crippen LogP contribution in [0.25, 0.3) is 0 Å². The summed E-state index contributed by atoms with van der Waals surface area (Å²) in [7, 11) is 1.71. The summed E-state index contributed by atoms with van der Waals surface area (Å²) in [6, 6.07) is 8.53. The molecule has 1 aromatic carbocycles. The molecule has 0 aromatic heterocycles. The Balaban J connectivity index is 0.00000300. The Labute approximate surface area is 197 Å². The molecule has 7 heteroatoms. The van der Waals surface area contributed by atoms with Crippen molar-refractivity contribution in [2.45, 2.75) is 43.8 Å². The van der Waals surface area contributed by atoms with Gasteiger partial charge in [-0.25, -0.2) is 0 Å². The van der Waals surface area contributed by atoms with E-state index in [2.05, 4.69) is 67.0 Å². The van der Waals surface area contributed by atoms with E-state index in [1.807, 2.05) is 0 Å². The van der Waals surface area contributed by atoms with Gasteiger partial charge in [-0.15, -0.1) is 24.0 Å². The molecule has 29 heavy (non-hydrogen) atoms. The van der Waals surface area contributed by atoms with E-state index >= 15 is 0 Å². The van der Waals surface area contributed by atoms with Crippen molar-refractivity contribution in [3.05, 3.63) is 29.8 Å². The first-order chi connectivity index (χ1) is 13.5. The van der Waals surface area contributed by atoms with Crippen molar-refractivity contribution in [3.8, 4) is 5.75 Å². The number of guanidine groups is 1. The first-order valence-electron chi connectivity index (χ1n) is 10.4. The number of ether oxygens (including phenoxy) is 2. The molecule has 0 unspecified atom stereocenters. The first kappa shape index (κ1) is 24.6. The van der Waals surface area contributed by atoms with Crippen molar-refractivity contribution in [2.24, 2.45) is 4.99 Å². The molecule has 0 bridgehead atoms. The van der Waals surface area contributed by atoms with Gasteiger partial charge in [-0.1, -0.05) is 12.1 Å². The number of nitrogens with zero attached hydrogens (tertiary/aromatic N) is 2. The molecule has 2 heterocycles. The highest BCUT2D eigenvalue weighted by atomic mass is 127. The molecule has 0 atom stereocenters. The molecule has 2 aliphatic heterocycles. The van der Waals surface area contributed by atoms with Gasteiger partial charge in [-0.3, -0.25) is 4.99 Å². The molecule has 2 saturated heterocycles. The van der Waals surface area contributed by atoms with E-state index in [1.165, 1.54) is 5.56 Å². The quantitative estimate of drug-likeness (QED) is 0.350. The van der Waals surface area contributed by atoms with Gasteiger partial charge in [0.2, 0.25) is 0 Å². The molecule has 0 spiro atoms. The summed E-state index contributed by atoms with van der Waals surface area (Å²) >= 11 is 2.05. The van der Waals surface area contributed by atoms with E-state index < -0.39 is 0 Å². The lowest BCUT2D eigenvalue weighted by atomic mass is 9.74. The second-order valence-electron chi connectivity index (χ2n) is 8.32. The van der Waals surface area contributed by atoms with Crippen molar-refractivity contribution in [1.82, 2.24) is 10.2 Å². The maximum Gasteiger partial charge on any atom is 0.194 e. The van der Waals surface area contributed by atoms with E-state index in [0.717, 1.165) is 69.7 Å². The summed E-state index contributed by atoms with van der Waals surface area (Å²) in [6.45, 7) is 12.1. The van der Waals surface area contributed by atoms with Crippen LogP contribution in [0.4, 0.5) is 0 Å². The van der Waals surface area contributed by atoms with E-state index in [9.17, 15) is 0 Å². The molecule has 0 radical (unpaired) electrons. The maximum atomic E-state index is 5.69. The SMILES string of the molecule is CCNC(=NCC1(c2ccc(OC)cc2)CCOCC1)N1CCSC(C)(C)C1.I. The molecule has 0 saturated carbocycles. The van der Waals surface area contributed by atoms with Crippen molar-refractivity contribution < 1.29 is 9.47 Å². The molecule has 3 rings (SSSR count). The number of hydrogen-bond acceptors (Lipinski definition) is 4. The molecular formula is C22H36IN3O2S.